The molecule has 6 nitrogen and oxygen atoms in total. The van der Waals surface area contributed by atoms with Crippen molar-refractivity contribution in [3.8, 4) is 5.75 Å². The third-order valence-corrected chi connectivity index (χ3v) is 4.12. The van der Waals surface area contributed by atoms with Crippen LogP contribution in [-0.2, 0) is 18.3 Å². The number of rotatable bonds is 4. The van der Waals surface area contributed by atoms with Gasteiger partial charge in [0.2, 0.25) is 5.91 Å². The number of phenolic OH excluding ortho intramolecular Hbond substituents is 1. The van der Waals surface area contributed by atoms with Crippen LogP contribution in [0, 0.1) is 0 Å². The van der Waals surface area contributed by atoms with E-state index in [2.05, 4.69) is 15.3 Å². The summed E-state index contributed by atoms with van der Waals surface area (Å²) in [5, 5.41) is 16.8. The van der Waals surface area contributed by atoms with Gasteiger partial charge in [0.05, 0.1) is 18.3 Å². The average molecular weight is 314 g/mol. The third kappa shape index (κ3) is 4.03. The van der Waals surface area contributed by atoms with Crippen molar-refractivity contribution in [2.75, 3.05) is 18.0 Å². The van der Waals surface area contributed by atoms with Gasteiger partial charge >= 0.3 is 0 Å². The summed E-state index contributed by atoms with van der Waals surface area (Å²) in [6.45, 7) is 1.79. The molecule has 1 saturated heterocycles. The Bertz CT molecular complexity index is 683. The second-order valence-electron chi connectivity index (χ2n) is 6.07. The van der Waals surface area contributed by atoms with Crippen LogP contribution in [0.3, 0.4) is 0 Å². The fraction of sp³-hybridized carbons (Fsp3) is 0.412. The Hall–Kier alpha value is -2.50. The van der Waals surface area contributed by atoms with E-state index >= 15 is 0 Å². The normalized spacial score (nSPS) is 18.0. The molecule has 6 heteroatoms. The van der Waals surface area contributed by atoms with Crippen molar-refractivity contribution in [2.45, 2.75) is 25.3 Å². The average Bonchev–Trinajstić information content (AvgIpc) is 2.94. The number of anilines is 1. The van der Waals surface area contributed by atoms with Crippen LogP contribution < -0.4 is 10.2 Å². The molecule has 0 radical (unpaired) electrons. The van der Waals surface area contributed by atoms with Crippen molar-refractivity contribution >= 4 is 11.6 Å². The highest BCUT2D eigenvalue weighted by Crippen LogP contribution is 2.19. The molecule has 0 saturated carbocycles. The van der Waals surface area contributed by atoms with Gasteiger partial charge in [-0.3, -0.25) is 9.48 Å². The first-order chi connectivity index (χ1) is 11.1. The van der Waals surface area contributed by atoms with Crippen molar-refractivity contribution in [3.05, 3.63) is 42.2 Å². The van der Waals surface area contributed by atoms with Crippen LogP contribution in [-0.4, -0.2) is 39.9 Å². The van der Waals surface area contributed by atoms with Crippen LogP contribution in [0.1, 0.15) is 18.4 Å². The van der Waals surface area contributed by atoms with Gasteiger partial charge in [0.25, 0.3) is 0 Å². The maximum absolute atomic E-state index is 12.2. The highest BCUT2D eigenvalue weighted by Gasteiger charge is 2.22. The minimum Gasteiger partial charge on any atom is -0.508 e. The van der Waals surface area contributed by atoms with Crippen molar-refractivity contribution < 1.29 is 9.90 Å². The topological polar surface area (TPSA) is 70.4 Å². The van der Waals surface area contributed by atoms with Crippen LogP contribution in [0.2, 0.25) is 0 Å². The molecule has 1 aromatic heterocycles. The van der Waals surface area contributed by atoms with Gasteiger partial charge < -0.3 is 15.3 Å². The van der Waals surface area contributed by atoms with Crippen LogP contribution in [0.4, 0.5) is 5.69 Å². The van der Waals surface area contributed by atoms with Gasteiger partial charge in [0, 0.05) is 32.4 Å². The molecule has 23 heavy (non-hydrogen) atoms. The molecule has 2 aromatic rings. The van der Waals surface area contributed by atoms with E-state index in [0.29, 0.717) is 0 Å². The maximum atomic E-state index is 12.2. The molecule has 2 heterocycles. The lowest BCUT2D eigenvalue weighted by molar-refractivity contribution is -0.121. The van der Waals surface area contributed by atoms with Crippen molar-refractivity contribution in [2.24, 2.45) is 7.05 Å². The SMILES string of the molecule is Cn1cc(N2CCC[C@@H](NC(=O)Cc3cccc(O)c3)C2)cn1. The molecule has 0 bridgehead atoms. The number of piperidine rings is 1. The first kappa shape index (κ1) is 15.4. The first-order valence-electron chi connectivity index (χ1n) is 7.91. The molecule has 1 aliphatic heterocycles. The molecule has 0 spiro atoms. The maximum Gasteiger partial charge on any atom is 0.224 e. The molecule has 0 unspecified atom stereocenters. The predicted octanol–water partition coefficient (Wildman–Crippen LogP) is 1.45. The van der Waals surface area contributed by atoms with E-state index in [1.807, 2.05) is 25.5 Å². The number of aromatic hydroxyl groups is 1. The number of amides is 1. The number of aromatic nitrogens is 2. The lowest BCUT2D eigenvalue weighted by Crippen LogP contribution is -2.48. The van der Waals surface area contributed by atoms with Crippen LogP contribution in [0.25, 0.3) is 0 Å². The minimum atomic E-state index is -0.00589. The number of nitrogens with one attached hydrogen (secondary N) is 1. The van der Waals surface area contributed by atoms with Gasteiger partial charge in [-0.25, -0.2) is 0 Å². The van der Waals surface area contributed by atoms with Gasteiger partial charge in [0.1, 0.15) is 5.75 Å². The van der Waals surface area contributed by atoms with Gasteiger partial charge in [-0.1, -0.05) is 12.1 Å². The molecule has 1 amide bonds. The summed E-state index contributed by atoms with van der Waals surface area (Å²) in [4.78, 5) is 14.5. The number of hydrogen-bond acceptors (Lipinski definition) is 4. The van der Waals surface area contributed by atoms with E-state index < -0.39 is 0 Å². The predicted molar refractivity (Wildman–Crippen MR) is 88.4 cm³/mol. The minimum absolute atomic E-state index is 0.00589. The van der Waals surface area contributed by atoms with E-state index in [0.717, 1.165) is 37.2 Å². The van der Waals surface area contributed by atoms with Crippen molar-refractivity contribution in [1.82, 2.24) is 15.1 Å². The molecule has 1 fully saturated rings. The Morgan fingerprint density at radius 1 is 1.48 bits per heavy atom. The van der Waals surface area contributed by atoms with E-state index in [9.17, 15) is 9.90 Å². The van der Waals surface area contributed by atoms with Crippen LogP contribution >= 0.6 is 0 Å². The summed E-state index contributed by atoms with van der Waals surface area (Å²) in [6.07, 6.45) is 6.18. The Morgan fingerprint density at radius 3 is 3.09 bits per heavy atom. The molecular formula is C17H22N4O2. The number of phenols is 1. The number of hydrogen-bond donors (Lipinski definition) is 2. The number of nitrogens with zero attached hydrogens (tertiary/aromatic N) is 3. The van der Waals surface area contributed by atoms with E-state index in [-0.39, 0.29) is 24.1 Å². The van der Waals surface area contributed by atoms with Gasteiger partial charge in [-0.15, -0.1) is 0 Å². The van der Waals surface area contributed by atoms with E-state index in [4.69, 9.17) is 0 Å². The third-order valence-electron chi connectivity index (χ3n) is 4.12. The smallest absolute Gasteiger partial charge is 0.224 e. The quantitative estimate of drug-likeness (QED) is 0.896. The van der Waals surface area contributed by atoms with Crippen LogP contribution in [0.15, 0.2) is 36.7 Å². The highest BCUT2D eigenvalue weighted by atomic mass is 16.3. The fourth-order valence-electron chi connectivity index (χ4n) is 3.03. The molecule has 3 rings (SSSR count). The molecule has 1 aromatic carbocycles. The Labute approximate surface area is 135 Å². The summed E-state index contributed by atoms with van der Waals surface area (Å²) in [7, 11) is 1.90. The monoisotopic (exact) mass is 314 g/mol. The Balaban J connectivity index is 1.56. The van der Waals surface area contributed by atoms with E-state index in [1.54, 1.807) is 22.9 Å². The number of carbonyl (C=O) groups is 1. The summed E-state index contributed by atoms with van der Waals surface area (Å²) in [6, 6.07) is 6.98. The lowest BCUT2D eigenvalue weighted by Gasteiger charge is -2.33. The van der Waals surface area contributed by atoms with Gasteiger partial charge in [-0.2, -0.15) is 5.10 Å². The molecule has 2 N–H and O–H groups in total. The largest absolute Gasteiger partial charge is 0.508 e. The standard InChI is InChI=1S/C17H22N4O2/c1-20-12-15(10-18-20)21-7-3-5-14(11-21)19-17(23)9-13-4-2-6-16(22)8-13/h2,4,6,8,10,12,14,22H,3,5,7,9,11H2,1H3,(H,19,23)/t14-/m1/s1. The molecule has 1 atom stereocenters. The second-order valence-corrected chi connectivity index (χ2v) is 6.07. The molecule has 122 valence electrons. The zero-order chi connectivity index (χ0) is 16.2. The lowest BCUT2D eigenvalue weighted by atomic mass is 10.0. The number of benzene rings is 1. The summed E-state index contributed by atoms with van der Waals surface area (Å²) in [5.41, 5.74) is 1.92. The van der Waals surface area contributed by atoms with Crippen LogP contribution in [0.5, 0.6) is 5.75 Å². The Kier molecular flexibility index (Phi) is 4.50. The zero-order valence-corrected chi connectivity index (χ0v) is 13.3. The van der Waals surface area contributed by atoms with Gasteiger partial charge in [-0.05, 0) is 30.5 Å². The van der Waals surface area contributed by atoms with E-state index in [1.165, 1.54) is 0 Å². The van der Waals surface area contributed by atoms with Crippen molar-refractivity contribution in [1.29, 1.82) is 0 Å². The number of aryl methyl sites for hydroxylation is 1. The molecular weight excluding hydrogens is 292 g/mol. The molecule has 1 aliphatic rings. The fourth-order valence-corrected chi connectivity index (χ4v) is 3.03. The summed E-state index contributed by atoms with van der Waals surface area (Å²) in [5.74, 6) is 0.185. The summed E-state index contributed by atoms with van der Waals surface area (Å²) < 4.78 is 1.79. The number of carbonyl (C=O) groups excluding carboxylic acids is 1. The van der Waals surface area contributed by atoms with Crippen molar-refractivity contribution in [3.63, 3.8) is 0 Å². The first-order valence-corrected chi connectivity index (χ1v) is 7.91. The highest BCUT2D eigenvalue weighted by molar-refractivity contribution is 5.79. The second kappa shape index (κ2) is 6.73. The van der Waals surface area contributed by atoms with Gasteiger partial charge in [0.15, 0.2) is 0 Å². The Morgan fingerprint density at radius 2 is 2.35 bits per heavy atom. The summed E-state index contributed by atoms with van der Waals surface area (Å²) >= 11 is 0. The molecule has 0 aliphatic carbocycles. The zero-order valence-electron chi connectivity index (χ0n) is 13.3.